The van der Waals surface area contributed by atoms with Gasteiger partial charge in [-0.1, -0.05) is 0 Å². The molecule has 2 rings (SSSR count). The van der Waals surface area contributed by atoms with Crippen LogP contribution in [0.3, 0.4) is 0 Å². The van der Waals surface area contributed by atoms with Crippen molar-refractivity contribution in [3.63, 3.8) is 0 Å². The maximum absolute atomic E-state index is 4.39. The second kappa shape index (κ2) is 4.87. The normalized spacial score (nSPS) is 10.6. The van der Waals surface area contributed by atoms with E-state index in [1.165, 1.54) is 11.3 Å². The summed E-state index contributed by atoms with van der Waals surface area (Å²) in [4.78, 5) is 4.17. The standard InChI is InChI=1S/C12H15BrN4/c1-8-11(9(2)17(3)16-8)7-14-10-4-5-12(13)15-6-10/h4-6,14H,7H2,1-3H3. The minimum Gasteiger partial charge on any atom is -0.380 e. The highest BCUT2D eigenvalue weighted by atomic mass is 79.9. The molecule has 2 aromatic heterocycles. The predicted octanol–water partition coefficient (Wildman–Crippen LogP) is 2.81. The summed E-state index contributed by atoms with van der Waals surface area (Å²) < 4.78 is 2.75. The summed E-state index contributed by atoms with van der Waals surface area (Å²) >= 11 is 3.32. The van der Waals surface area contributed by atoms with E-state index in [0.29, 0.717) is 0 Å². The second-order valence-electron chi connectivity index (χ2n) is 4.00. The van der Waals surface area contributed by atoms with Gasteiger partial charge in [-0.15, -0.1) is 0 Å². The third-order valence-corrected chi connectivity index (χ3v) is 3.32. The molecule has 0 atom stereocenters. The van der Waals surface area contributed by atoms with Crippen LogP contribution in [0.25, 0.3) is 0 Å². The first-order valence-electron chi connectivity index (χ1n) is 5.42. The molecule has 1 N–H and O–H groups in total. The molecule has 0 aromatic carbocycles. The molecule has 17 heavy (non-hydrogen) atoms. The number of halogens is 1. The van der Waals surface area contributed by atoms with Crippen LogP contribution in [0.2, 0.25) is 0 Å². The molecule has 0 aliphatic carbocycles. The van der Waals surface area contributed by atoms with Gasteiger partial charge in [0.2, 0.25) is 0 Å². The fourth-order valence-corrected chi connectivity index (χ4v) is 1.98. The van der Waals surface area contributed by atoms with E-state index in [4.69, 9.17) is 0 Å². The van der Waals surface area contributed by atoms with Crippen molar-refractivity contribution in [2.24, 2.45) is 7.05 Å². The zero-order chi connectivity index (χ0) is 12.4. The van der Waals surface area contributed by atoms with Crippen molar-refractivity contribution in [1.82, 2.24) is 14.8 Å². The van der Waals surface area contributed by atoms with Gasteiger partial charge in [-0.25, -0.2) is 4.98 Å². The van der Waals surface area contributed by atoms with E-state index in [1.807, 2.05) is 37.0 Å². The number of hydrogen-bond donors (Lipinski definition) is 1. The molecule has 2 aromatic rings. The van der Waals surface area contributed by atoms with Crippen molar-refractivity contribution in [2.75, 3.05) is 5.32 Å². The number of hydrogen-bond acceptors (Lipinski definition) is 3. The number of rotatable bonds is 3. The number of nitrogens with one attached hydrogen (secondary N) is 1. The highest BCUT2D eigenvalue weighted by molar-refractivity contribution is 9.10. The second-order valence-corrected chi connectivity index (χ2v) is 4.81. The fraction of sp³-hybridized carbons (Fsp3) is 0.333. The molecule has 0 spiro atoms. The summed E-state index contributed by atoms with van der Waals surface area (Å²) in [6.07, 6.45) is 1.81. The van der Waals surface area contributed by atoms with Gasteiger partial charge in [0.15, 0.2) is 0 Å². The van der Waals surface area contributed by atoms with E-state index in [1.54, 1.807) is 0 Å². The first-order chi connectivity index (χ1) is 8.08. The Morgan fingerprint density at radius 2 is 2.12 bits per heavy atom. The van der Waals surface area contributed by atoms with Crippen LogP contribution in [0.15, 0.2) is 22.9 Å². The van der Waals surface area contributed by atoms with Crippen molar-refractivity contribution in [1.29, 1.82) is 0 Å². The van der Waals surface area contributed by atoms with Crippen LogP contribution in [0, 0.1) is 13.8 Å². The Morgan fingerprint density at radius 1 is 1.35 bits per heavy atom. The molecule has 5 heteroatoms. The van der Waals surface area contributed by atoms with Gasteiger partial charge in [0.1, 0.15) is 4.60 Å². The molecule has 0 saturated carbocycles. The third-order valence-electron chi connectivity index (χ3n) is 2.86. The summed E-state index contributed by atoms with van der Waals surface area (Å²) in [7, 11) is 1.97. The van der Waals surface area contributed by atoms with E-state index in [2.05, 4.69) is 38.3 Å². The lowest BCUT2D eigenvalue weighted by molar-refractivity contribution is 0.730. The topological polar surface area (TPSA) is 42.7 Å². The van der Waals surface area contributed by atoms with Crippen LogP contribution in [-0.4, -0.2) is 14.8 Å². The van der Waals surface area contributed by atoms with Crippen molar-refractivity contribution >= 4 is 21.6 Å². The Labute approximate surface area is 109 Å². The Kier molecular flexibility index (Phi) is 3.47. The van der Waals surface area contributed by atoms with Gasteiger partial charge in [0.25, 0.3) is 0 Å². The molecular weight excluding hydrogens is 280 g/mol. The molecule has 0 aliphatic heterocycles. The largest absolute Gasteiger partial charge is 0.380 e. The van der Waals surface area contributed by atoms with Crippen molar-refractivity contribution in [3.8, 4) is 0 Å². The molecular formula is C12H15BrN4. The molecule has 0 bridgehead atoms. The zero-order valence-electron chi connectivity index (χ0n) is 10.2. The van der Waals surface area contributed by atoms with Crippen LogP contribution in [0.1, 0.15) is 17.0 Å². The Hall–Kier alpha value is -1.36. The molecule has 0 fully saturated rings. The van der Waals surface area contributed by atoms with Crippen molar-refractivity contribution in [2.45, 2.75) is 20.4 Å². The minimum atomic E-state index is 0.773. The van der Waals surface area contributed by atoms with Gasteiger partial charge < -0.3 is 5.32 Å². The Balaban J connectivity index is 2.09. The monoisotopic (exact) mass is 294 g/mol. The summed E-state index contributed by atoms with van der Waals surface area (Å²) in [6.45, 7) is 4.88. The molecule has 0 unspecified atom stereocenters. The lowest BCUT2D eigenvalue weighted by Crippen LogP contribution is -2.02. The SMILES string of the molecule is Cc1nn(C)c(C)c1CNc1ccc(Br)nc1. The van der Waals surface area contributed by atoms with Crippen LogP contribution in [0.4, 0.5) is 5.69 Å². The summed E-state index contributed by atoms with van der Waals surface area (Å²) in [5.74, 6) is 0. The average Bonchev–Trinajstić information content (AvgIpc) is 2.54. The van der Waals surface area contributed by atoms with Crippen LogP contribution in [-0.2, 0) is 13.6 Å². The molecule has 0 amide bonds. The van der Waals surface area contributed by atoms with Gasteiger partial charge >= 0.3 is 0 Å². The van der Waals surface area contributed by atoms with E-state index in [-0.39, 0.29) is 0 Å². The summed E-state index contributed by atoms with van der Waals surface area (Å²) in [5, 5.41) is 7.74. The van der Waals surface area contributed by atoms with Gasteiger partial charge in [0.05, 0.1) is 17.6 Å². The molecule has 0 saturated heterocycles. The quantitative estimate of drug-likeness (QED) is 0.885. The molecule has 4 nitrogen and oxygen atoms in total. The first kappa shape index (κ1) is 12.1. The van der Waals surface area contributed by atoms with Gasteiger partial charge in [0, 0.05) is 24.8 Å². The molecule has 90 valence electrons. The van der Waals surface area contributed by atoms with Crippen molar-refractivity contribution in [3.05, 3.63) is 39.9 Å². The lowest BCUT2D eigenvalue weighted by atomic mass is 10.2. The summed E-state index contributed by atoms with van der Waals surface area (Å²) in [5.41, 5.74) is 4.52. The van der Waals surface area contributed by atoms with E-state index >= 15 is 0 Å². The third kappa shape index (κ3) is 2.66. The predicted molar refractivity (Wildman–Crippen MR) is 71.9 cm³/mol. The zero-order valence-corrected chi connectivity index (χ0v) is 11.7. The van der Waals surface area contributed by atoms with E-state index in [9.17, 15) is 0 Å². The maximum Gasteiger partial charge on any atom is 0.106 e. The smallest absolute Gasteiger partial charge is 0.106 e. The van der Waals surface area contributed by atoms with Crippen molar-refractivity contribution < 1.29 is 0 Å². The highest BCUT2D eigenvalue weighted by Gasteiger charge is 2.08. The Morgan fingerprint density at radius 3 is 2.65 bits per heavy atom. The Bertz CT molecular complexity index is 516. The average molecular weight is 295 g/mol. The molecule has 2 heterocycles. The highest BCUT2D eigenvalue weighted by Crippen LogP contribution is 2.15. The fourth-order valence-electron chi connectivity index (χ4n) is 1.74. The number of pyridine rings is 1. The lowest BCUT2D eigenvalue weighted by Gasteiger charge is -2.06. The number of aryl methyl sites for hydroxylation is 2. The number of aromatic nitrogens is 3. The summed E-state index contributed by atoms with van der Waals surface area (Å²) in [6, 6.07) is 3.92. The van der Waals surface area contributed by atoms with Gasteiger partial charge in [-0.05, 0) is 41.9 Å². The van der Waals surface area contributed by atoms with Crippen LogP contribution < -0.4 is 5.32 Å². The minimum absolute atomic E-state index is 0.773. The molecule has 0 radical (unpaired) electrons. The van der Waals surface area contributed by atoms with E-state index in [0.717, 1.165) is 22.5 Å². The number of anilines is 1. The molecule has 0 aliphatic rings. The van der Waals surface area contributed by atoms with Gasteiger partial charge in [-0.3, -0.25) is 4.68 Å². The van der Waals surface area contributed by atoms with E-state index < -0.39 is 0 Å². The van der Waals surface area contributed by atoms with Gasteiger partial charge in [-0.2, -0.15) is 5.10 Å². The number of nitrogens with zero attached hydrogens (tertiary/aromatic N) is 3. The maximum atomic E-state index is 4.39. The van der Waals surface area contributed by atoms with Crippen LogP contribution in [0.5, 0.6) is 0 Å². The van der Waals surface area contributed by atoms with Crippen LogP contribution >= 0.6 is 15.9 Å². The first-order valence-corrected chi connectivity index (χ1v) is 6.21.